The van der Waals surface area contributed by atoms with E-state index in [2.05, 4.69) is 32.2 Å². The minimum Gasteiger partial charge on any atom is -0.357 e. The van der Waals surface area contributed by atoms with E-state index in [1.165, 1.54) is 32.1 Å². The van der Waals surface area contributed by atoms with Crippen LogP contribution in [0.25, 0.3) is 0 Å². The maximum absolute atomic E-state index is 4.81. The van der Waals surface area contributed by atoms with Crippen molar-refractivity contribution in [3.8, 4) is 0 Å². The second-order valence-corrected chi connectivity index (χ2v) is 7.21. The zero-order valence-corrected chi connectivity index (χ0v) is 16.0. The maximum Gasteiger partial charge on any atom is 0.194 e. The molecule has 1 aromatic heterocycles. The molecule has 1 aliphatic heterocycles. The third kappa shape index (κ3) is 4.51. The van der Waals surface area contributed by atoms with Crippen molar-refractivity contribution < 1.29 is 0 Å². The molecule has 1 N–H and O–H groups in total. The number of rotatable bonds is 4. The molecule has 0 spiro atoms. The molecule has 0 atom stereocenters. The van der Waals surface area contributed by atoms with Crippen LogP contribution in [0.2, 0.25) is 0 Å². The molecule has 0 amide bonds. The molecule has 1 aliphatic carbocycles. The molecule has 140 valence electrons. The van der Waals surface area contributed by atoms with Crippen LogP contribution in [0.5, 0.6) is 0 Å². The van der Waals surface area contributed by atoms with Gasteiger partial charge in [0.15, 0.2) is 11.8 Å². The fraction of sp³-hybridized carbons (Fsp3) is 0.833. The van der Waals surface area contributed by atoms with Crippen molar-refractivity contribution in [3.05, 3.63) is 11.6 Å². The van der Waals surface area contributed by atoms with Gasteiger partial charge in [-0.05, 0) is 26.7 Å². The van der Waals surface area contributed by atoms with Crippen LogP contribution >= 0.6 is 0 Å². The fourth-order valence-electron chi connectivity index (χ4n) is 3.91. The molecule has 1 aromatic rings. The van der Waals surface area contributed by atoms with E-state index in [-0.39, 0.29) is 0 Å². The Kier molecular flexibility index (Phi) is 6.29. The number of nitrogens with one attached hydrogen (secondary N) is 1. The molecule has 0 bridgehead atoms. The molecule has 2 aliphatic rings. The highest BCUT2D eigenvalue weighted by Crippen LogP contribution is 2.23. The highest BCUT2D eigenvalue weighted by atomic mass is 15.4. The summed E-state index contributed by atoms with van der Waals surface area (Å²) in [5.74, 6) is 2.84. The predicted octanol–water partition coefficient (Wildman–Crippen LogP) is 1.54. The summed E-state index contributed by atoms with van der Waals surface area (Å²) in [5, 5.41) is 11.8. The SMILES string of the molecule is CCNC(=NCc1nnc(C)n1C)N1CCN(C2CCCCC2)CC1. The van der Waals surface area contributed by atoms with Crippen molar-refractivity contribution in [2.75, 3.05) is 32.7 Å². The second kappa shape index (κ2) is 8.65. The van der Waals surface area contributed by atoms with Crippen LogP contribution < -0.4 is 5.32 Å². The van der Waals surface area contributed by atoms with Gasteiger partial charge in [-0.3, -0.25) is 4.90 Å². The number of nitrogens with zero attached hydrogens (tertiary/aromatic N) is 6. The van der Waals surface area contributed by atoms with E-state index in [1.54, 1.807) is 0 Å². The lowest BCUT2D eigenvalue weighted by Gasteiger charge is -2.41. The van der Waals surface area contributed by atoms with Crippen molar-refractivity contribution in [2.45, 2.75) is 58.5 Å². The molecular weight excluding hydrogens is 314 g/mol. The van der Waals surface area contributed by atoms with Crippen LogP contribution in [0.1, 0.15) is 50.7 Å². The normalized spacial score (nSPS) is 20.9. The Hall–Kier alpha value is -1.63. The van der Waals surface area contributed by atoms with Crippen LogP contribution in [0.3, 0.4) is 0 Å². The van der Waals surface area contributed by atoms with Gasteiger partial charge in [-0.25, -0.2) is 4.99 Å². The molecule has 0 unspecified atom stereocenters. The van der Waals surface area contributed by atoms with Crippen LogP contribution in [0.4, 0.5) is 0 Å². The highest BCUT2D eigenvalue weighted by molar-refractivity contribution is 5.80. The monoisotopic (exact) mass is 347 g/mol. The zero-order valence-electron chi connectivity index (χ0n) is 16.0. The quantitative estimate of drug-likeness (QED) is 0.661. The first-order valence-electron chi connectivity index (χ1n) is 9.81. The van der Waals surface area contributed by atoms with Gasteiger partial charge >= 0.3 is 0 Å². The minimum atomic E-state index is 0.572. The van der Waals surface area contributed by atoms with Gasteiger partial charge in [-0.2, -0.15) is 0 Å². The van der Waals surface area contributed by atoms with Crippen molar-refractivity contribution in [1.82, 2.24) is 29.9 Å². The Balaban J connectivity index is 1.57. The second-order valence-electron chi connectivity index (χ2n) is 7.21. The Morgan fingerprint density at radius 3 is 2.44 bits per heavy atom. The summed E-state index contributed by atoms with van der Waals surface area (Å²) >= 11 is 0. The van der Waals surface area contributed by atoms with Crippen molar-refractivity contribution in [2.24, 2.45) is 12.0 Å². The summed E-state index contributed by atoms with van der Waals surface area (Å²) in [7, 11) is 2.00. The molecule has 1 saturated heterocycles. The molecule has 1 saturated carbocycles. The molecular formula is C18H33N7. The minimum absolute atomic E-state index is 0.572. The Labute approximate surface area is 151 Å². The molecule has 2 fully saturated rings. The number of aliphatic imine (C=N–C) groups is 1. The van der Waals surface area contributed by atoms with E-state index in [0.717, 1.165) is 56.4 Å². The number of aryl methyl sites for hydroxylation is 1. The lowest BCUT2D eigenvalue weighted by atomic mass is 9.94. The lowest BCUT2D eigenvalue weighted by molar-refractivity contribution is 0.106. The van der Waals surface area contributed by atoms with Gasteiger partial charge in [0, 0.05) is 45.8 Å². The number of hydrogen-bond donors (Lipinski definition) is 1. The van der Waals surface area contributed by atoms with E-state index in [0.29, 0.717) is 6.54 Å². The third-order valence-electron chi connectivity index (χ3n) is 5.59. The van der Waals surface area contributed by atoms with Gasteiger partial charge in [0.1, 0.15) is 12.4 Å². The predicted molar refractivity (Wildman–Crippen MR) is 101 cm³/mol. The number of hydrogen-bond acceptors (Lipinski definition) is 4. The van der Waals surface area contributed by atoms with Crippen LogP contribution in [-0.2, 0) is 13.6 Å². The highest BCUT2D eigenvalue weighted by Gasteiger charge is 2.26. The molecule has 2 heterocycles. The van der Waals surface area contributed by atoms with Gasteiger partial charge in [0.2, 0.25) is 0 Å². The van der Waals surface area contributed by atoms with Gasteiger partial charge in [0.25, 0.3) is 0 Å². The van der Waals surface area contributed by atoms with Gasteiger partial charge in [0.05, 0.1) is 0 Å². The topological polar surface area (TPSA) is 61.6 Å². The fourth-order valence-corrected chi connectivity index (χ4v) is 3.91. The third-order valence-corrected chi connectivity index (χ3v) is 5.59. The van der Waals surface area contributed by atoms with Crippen molar-refractivity contribution >= 4 is 5.96 Å². The molecule has 3 rings (SSSR count). The summed E-state index contributed by atoms with van der Waals surface area (Å²) in [6, 6.07) is 0.817. The lowest BCUT2D eigenvalue weighted by Crippen LogP contribution is -2.55. The zero-order chi connectivity index (χ0) is 17.6. The molecule has 0 aromatic carbocycles. The Morgan fingerprint density at radius 1 is 1.12 bits per heavy atom. The van der Waals surface area contributed by atoms with Crippen LogP contribution in [-0.4, -0.2) is 69.3 Å². The number of guanidine groups is 1. The van der Waals surface area contributed by atoms with E-state index >= 15 is 0 Å². The van der Waals surface area contributed by atoms with E-state index in [4.69, 9.17) is 4.99 Å². The standard InChI is InChI=1S/C18H33N7/c1-4-19-18(20-14-17-22-21-15(2)23(17)3)25-12-10-24(11-13-25)16-8-6-5-7-9-16/h16H,4-14H2,1-3H3,(H,19,20). The first-order chi connectivity index (χ1) is 12.2. The molecule has 7 nitrogen and oxygen atoms in total. The van der Waals surface area contributed by atoms with Crippen LogP contribution in [0.15, 0.2) is 4.99 Å². The van der Waals surface area contributed by atoms with Gasteiger partial charge < -0.3 is 14.8 Å². The summed E-state index contributed by atoms with van der Waals surface area (Å²) in [6.07, 6.45) is 7.02. The summed E-state index contributed by atoms with van der Waals surface area (Å²) in [4.78, 5) is 9.90. The molecule has 25 heavy (non-hydrogen) atoms. The summed E-state index contributed by atoms with van der Waals surface area (Å²) < 4.78 is 2.01. The Bertz CT molecular complexity index is 566. The average molecular weight is 348 g/mol. The van der Waals surface area contributed by atoms with E-state index in [9.17, 15) is 0 Å². The molecule has 0 radical (unpaired) electrons. The van der Waals surface area contributed by atoms with Crippen molar-refractivity contribution in [1.29, 1.82) is 0 Å². The summed E-state index contributed by atoms with van der Waals surface area (Å²) in [6.45, 7) is 9.97. The van der Waals surface area contributed by atoms with Crippen molar-refractivity contribution in [3.63, 3.8) is 0 Å². The smallest absolute Gasteiger partial charge is 0.194 e. The Morgan fingerprint density at radius 2 is 1.84 bits per heavy atom. The van der Waals surface area contributed by atoms with E-state index in [1.807, 2.05) is 18.5 Å². The first kappa shape index (κ1) is 18.2. The average Bonchev–Trinajstić information content (AvgIpc) is 2.98. The number of piperazine rings is 1. The first-order valence-corrected chi connectivity index (χ1v) is 9.81. The maximum atomic E-state index is 4.81. The van der Waals surface area contributed by atoms with Crippen LogP contribution in [0, 0.1) is 6.92 Å². The number of aromatic nitrogens is 3. The molecule has 7 heteroatoms. The van der Waals surface area contributed by atoms with Gasteiger partial charge in [-0.1, -0.05) is 19.3 Å². The largest absolute Gasteiger partial charge is 0.357 e. The van der Waals surface area contributed by atoms with Gasteiger partial charge in [-0.15, -0.1) is 10.2 Å². The summed E-state index contributed by atoms with van der Waals surface area (Å²) in [5.41, 5.74) is 0. The van der Waals surface area contributed by atoms with E-state index < -0.39 is 0 Å².